The second kappa shape index (κ2) is 8.36. The number of anilines is 1. The predicted octanol–water partition coefficient (Wildman–Crippen LogP) is 1.35. The smallest absolute Gasteiger partial charge is 0.268 e. The zero-order chi connectivity index (χ0) is 20.2. The third kappa shape index (κ3) is 4.40. The predicted molar refractivity (Wildman–Crippen MR) is 107 cm³/mol. The molecule has 3 aromatic heterocycles. The lowest BCUT2D eigenvalue weighted by atomic mass is 10.2. The summed E-state index contributed by atoms with van der Waals surface area (Å²) >= 11 is 0. The summed E-state index contributed by atoms with van der Waals surface area (Å²) in [5, 5.41) is 2.88. The molecule has 3 aromatic rings. The van der Waals surface area contributed by atoms with Crippen molar-refractivity contribution in [3.8, 4) is 11.1 Å². The molecule has 0 saturated carbocycles. The van der Waals surface area contributed by atoms with Crippen molar-refractivity contribution in [3.05, 3.63) is 54.1 Å². The first-order valence-electron chi connectivity index (χ1n) is 9.47. The number of nitrogens with zero attached hydrogens (tertiary/aromatic N) is 6. The molecule has 0 atom stereocenters. The summed E-state index contributed by atoms with van der Waals surface area (Å²) in [7, 11) is 1.84. The molecule has 4 heterocycles. The summed E-state index contributed by atoms with van der Waals surface area (Å²) in [5.74, 6) is 0.525. The van der Waals surface area contributed by atoms with E-state index >= 15 is 0 Å². The minimum atomic E-state index is -0.174. The van der Waals surface area contributed by atoms with Crippen molar-refractivity contribution in [1.29, 1.82) is 0 Å². The van der Waals surface area contributed by atoms with Crippen LogP contribution in [0.3, 0.4) is 0 Å². The van der Waals surface area contributed by atoms with Crippen LogP contribution >= 0.6 is 0 Å². The maximum Gasteiger partial charge on any atom is 0.268 e. The third-order valence-electron chi connectivity index (χ3n) is 4.77. The van der Waals surface area contributed by atoms with Gasteiger partial charge in [-0.1, -0.05) is 0 Å². The van der Waals surface area contributed by atoms with Crippen LogP contribution in [0.2, 0.25) is 0 Å². The van der Waals surface area contributed by atoms with Crippen molar-refractivity contribution in [3.63, 3.8) is 0 Å². The average Bonchev–Trinajstić information content (AvgIpc) is 3.15. The monoisotopic (exact) mass is 393 g/mol. The highest BCUT2D eigenvalue weighted by Gasteiger charge is 2.16. The first kappa shape index (κ1) is 19.0. The van der Waals surface area contributed by atoms with Gasteiger partial charge in [-0.3, -0.25) is 14.8 Å². The van der Waals surface area contributed by atoms with Crippen molar-refractivity contribution in [2.45, 2.75) is 13.5 Å². The fourth-order valence-corrected chi connectivity index (χ4v) is 3.12. The zero-order valence-corrected chi connectivity index (χ0v) is 16.5. The van der Waals surface area contributed by atoms with E-state index in [1.54, 1.807) is 29.4 Å². The molecular formula is C20H23N7O2. The number of ether oxygens (including phenoxy) is 1. The molecule has 0 spiro atoms. The Morgan fingerprint density at radius 3 is 2.52 bits per heavy atom. The second-order valence-corrected chi connectivity index (χ2v) is 6.93. The minimum absolute atomic E-state index is 0.174. The highest BCUT2D eigenvalue weighted by Crippen LogP contribution is 2.22. The van der Waals surface area contributed by atoms with E-state index in [1.165, 1.54) is 0 Å². The number of nitrogens with one attached hydrogen (secondary N) is 1. The Balaban J connectivity index is 1.44. The van der Waals surface area contributed by atoms with Gasteiger partial charge in [0.2, 0.25) is 5.95 Å². The van der Waals surface area contributed by atoms with Gasteiger partial charge in [0, 0.05) is 56.1 Å². The van der Waals surface area contributed by atoms with Crippen molar-refractivity contribution in [2.75, 3.05) is 31.2 Å². The Morgan fingerprint density at radius 1 is 1.07 bits per heavy atom. The van der Waals surface area contributed by atoms with Gasteiger partial charge < -0.3 is 19.5 Å². The summed E-state index contributed by atoms with van der Waals surface area (Å²) in [6, 6.07) is 1.84. The molecule has 1 aliphatic heterocycles. The molecule has 1 fully saturated rings. The fourth-order valence-electron chi connectivity index (χ4n) is 3.12. The fraction of sp³-hybridized carbons (Fsp3) is 0.350. The Hall–Kier alpha value is -3.33. The molecule has 4 rings (SSSR count). The quantitative estimate of drug-likeness (QED) is 0.699. The SMILES string of the molecule is Cc1cnc(CNC(=O)c2cc(-c3cnc(N4CCOCC4)nc3)cn2C)cn1. The minimum Gasteiger partial charge on any atom is -0.378 e. The maximum atomic E-state index is 12.6. The van der Waals surface area contributed by atoms with Crippen LogP contribution in [0.5, 0.6) is 0 Å². The van der Waals surface area contributed by atoms with Crippen molar-refractivity contribution in [1.82, 2.24) is 29.8 Å². The van der Waals surface area contributed by atoms with E-state index in [0.29, 0.717) is 37.1 Å². The highest BCUT2D eigenvalue weighted by molar-refractivity contribution is 5.94. The Labute approximate surface area is 168 Å². The number of hydrogen-bond acceptors (Lipinski definition) is 7. The molecule has 1 aliphatic rings. The molecular weight excluding hydrogens is 370 g/mol. The van der Waals surface area contributed by atoms with Crippen LogP contribution in [0.25, 0.3) is 11.1 Å². The summed E-state index contributed by atoms with van der Waals surface area (Å²) in [6.07, 6.45) is 8.82. The Kier molecular flexibility index (Phi) is 5.48. The number of aromatic nitrogens is 5. The van der Waals surface area contributed by atoms with E-state index < -0.39 is 0 Å². The molecule has 150 valence electrons. The van der Waals surface area contributed by atoms with Gasteiger partial charge in [0.25, 0.3) is 5.91 Å². The molecule has 0 bridgehead atoms. The molecule has 9 nitrogen and oxygen atoms in total. The largest absolute Gasteiger partial charge is 0.378 e. The average molecular weight is 393 g/mol. The normalized spacial score (nSPS) is 14.1. The number of aryl methyl sites for hydroxylation is 2. The number of carbonyl (C=O) groups is 1. The summed E-state index contributed by atoms with van der Waals surface area (Å²) < 4.78 is 7.15. The number of hydrogen-bond donors (Lipinski definition) is 1. The van der Waals surface area contributed by atoms with Crippen molar-refractivity contribution < 1.29 is 9.53 Å². The van der Waals surface area contributed by atoms with E-state index in [-0.39, 0.29) is 5.91 Å². The maximum absolute atomic E-state index is 12.6. The van der Waals surface area contributed by atoms with E-state index in [1.807, 2.05) is 26.2 Å². The van der Waals surface area contributed by atoms with E-state index in [0.717, 1.165) is 29.9 Å². The van der Waals surface area contributed by atoms with Crippen LogP contribution in [-0.4, -0.2) is 56.7 Å². The molecule has 0 aliphatic carbocycles. The molecule has 9 heteroatoms. The third-order valence-corrected chi connectivity index (χ3v) is 4.77. The van der Waals surface area contributed by atoms with E-state index in [4.69, 9.17) is 4.74 Å². The first-order chi connectivity index (χ1) is 14.1. The van der Waals surface area contributed by atoms with Gasteiger partial charge in [0.15, 0.2) is 0 Å². The molecule has 1 amide bonds. The number of carbonyl (C=O) groups excluding carboxylic acids is 1. The number of rotatable bonds is 5. The standard InChI is InChI=1S/C20H23N7O2/c1-14-8-22-17(11-21-14)12-23-19(28)18-7-15(13-26(18)2)16-9-24-20(25-10-16)27-3-5-29-6-4-27/h7-11,13H,3-6,12H2,1-2H3,(H,23,28). The Bertz CT molecular complexity index is 977. The van der Waals surface area contributed by atoms with Crippen molar-refractivity contribution >= 4 is 11.9 Å². The van der Waals surface area contributed by atoms with Crippen LogP contribution in [0, 0.1) is 6.92 Å². The molecule has 0 aromatic carbocycles. The van der Waals surface area contributed by atoms with Gasteiger partial charge in [-0.25, -0.2) is 9.97 Å². The van der Waals surface area contributed by atoms with Crippen LogP contribution < -0.4 is 10.2 Å². The molecule has 0 unspecified atom stereocenters. The van der Waals surface area contributed by atoms with Crippen LogP contribution in [-0.2, 0) is 18.3 Å². The van der Waals surface area contributed by atoms with Gasteiger partial charge in [-0.15, -0.1) is 0 Å². The lowest BCUT2D eigenvalue weighted by Crippen LogP contribution is -2.37. The van der Waals surface area contributed by atoms with Gasteiger partial charge in [0.05, 0.1) is 37.3 Å². The molecule has 1 N–H and O–H groups in total. The molecule has 1 saturated heterocycles. The van der Waals surface area contributed by atoms with Gasteiger partial charge in [0.1, 0.15) is 5.69 Å². The molecule has 0 radical (unpaired) electrons. The Morgan fingerprint density at radius 2 is 1.83 bits per heavy atom. The van der Waals surface area contributed by atoms with Gasteiger partial charge >= 0.3 is 0 Å². The summed E-state index contributed by atoms with van der Waals surface area (Å²) in [6.45, 7) is 5.16. The van der Waals surface area contributed by atoms with Gasteiger partial charge in [-0.2, -0.15) is 0 Å². The summed E-state index contributed by atoms with van der Waals surface area (Å²) in [5.41, 5.74) is 3.86. The highest BCUT2D eigenvalue weighted by atomic mass is 16.5. The lowest BCUT2D eigenvalue weighted by molar-refractivity contribution is 0.0942. The van der Waals surface area contributed by atoms with Gasteiger partial charge in [-0.05, 0) is 13.0 Å². The lowest BCUT2D eigenvalue weighted by Gasteiger charge is -2.26. The molecule has 29 heavy (non-hydrogen) atoms. The van der Waals surface area contributed by atoms with E-state index in [2.05, 4.69) is 30.2 Å². The van der Waals surface area contributed by atoms with Crippen LogP contribution in [0.15, 0.2) is 37.1 Å². The number of amides is 1. The van der Waals surface area contributed by atoms with Crippen LogP contribution in [0.1, 0.15) is 21.9 Å². The zero-order valence-electron chi connectivity index (χ0n) is 16.5. The topological polar surface area (TPSA) is 98.1 Å². The van der Waals surface area contributed by atoms with Crippen LogP contribution in [0.4, 0.5) is 5.95 Å². The second-order valence-electron chi connectivity index (χ2n) is 6.93. The summed E-state index contributed by atoms with van der Waals surface area (Å²) in [4.78, 5) is 32.1. The number of morpholine rings is 1. The van der Waals surface area contributed by atoms with E-state index in [9.17, 15) is 4.79 Å². The van der Waals surface area contributed by atoms with Crippen molar-refractivity contribution in [2.24, 2.45) is 7.05 Å². The first-order valence-corrected chi connectivity index (χ1v) is 9.47.